The van der Waals surface area contributed by atoms with E-state index in [-0.39, 0.29) is 0 Å². The van der Waals surface area contributed by atoms with Gasteiger partial charge in [0.05, 0.1) is 10.2 Å². The van der Waals surface area contributed by atoms with E-state index in [4.69, 9.17) is 4.74 Å². The summed E-state index contributed by atoms with van der Waals surface area (Å²) in [5, 5.41) is 3.30. The van der Waals surface area contributed by atoms with Crippen LogP contribution < -0.4 is 10.1 Å². The van der Waals surface area contributed by atoms with Gasteiger partial charge in [-0.05, 0) is 59.2 Å². The molecule has 0 saturated carbocycles. The third-order valence-electron chi connectivity index (χ3n) is 2.75. The molecule has 1 aromatic heterocycles. The average molecular weight is 321 g/mol. The molecule has 0 atom stereocenters. The van der Waals surface area contributed by atoms with Crippen molar-refractivity contribution in [1.82, 2.24) is 10.3 Å². The lowest BCUT2D eigenvalue weighted by atomic mass is 10.2. The van der Waals surface area contributed by atoms with E-state index in [0.717, 1.165) is 34.8 Å². The lowest BCUT2D eigenvalue weighted by Crippen LogP contribution is -2.11. The molecule has 0 amide bonds. The summed E-state index contributed by atoms with van der Waals surface area (Å²) in [4.78, 5) is 4.21. The highest BCUT2D eigenvalue weighted by molar-refractivity contribution is 9.10. The van der Waals surface area contributed by atoms with Crippen LogP contribution in [0.2, 0.25) is 0 Å². The maximum absolute atomic E-state index is 5.87. The van der Waals surface area contributed by atoms with Gasteiger partial charge in [-0.15, -0.1) is 0 Å². The second-order valence-electron chi connectivity index (χ2n) is 4.23. The Hall–Kier alpha value is -1.39. The van der Waals surface area contributed by atoms with E-state index in [1.165, 1.54) is 5.56 Å². The van der Waals surface area contributed by atoms with E-state index in [1.807, 2.05) is 25.1 Å². The minimum Gasteiger partial charge on any atom is -0.454 e. The third kappa shape index (κ3) is 3.78. The summed E-state index contributed by atoms with van der Waals surface area (Å²) >= 11 is 3.55. The van der Waals surface area contributed by atoms with Gasteiger partial charge in [0.15, 0.2) is 0 Å². The zero-order chi connectivity index (χ0) is 13.7. The van der Waals surface area contributed by atoms with Gasteiger partial charge in [-0.3, -0.25) is 4.98 Å². The molecule has 2 aromatic rings. The number of aryl methyl sites for hydroxylation is 1. The topological polar surface area (TPSA) is 34.1 Å². The molecule has 3 nitrogen and oxygen atoms in total. The van der Waals surface area contributed by atoms with Crippen LogP contribution >= 0.6 is 15.9 Å². The second kappa shape index (κ2) is 6.68. The molecule has 0 radical (unpaired) electrons. The summed E-state index contributed by atoms with van der Waals surface area (Å²) in [6.45, 7) is 5.85. The maximum atomic E-state index is 5.87. The molecule has 1 heterocycles. The zero-order valence-electron chi connectivity index (χ0n) is 11.1. The fourth-order valence-corrected chi connectivity index (χ4v) is 2.21. The Labute approximate surface area is 122 Å². The molecule has 0 bridgehead atoms. The molecule has 0 aliphatic rings. The van der Waals surface area contributed by atoms with Crippen LogP contribution in [0.4, 0.5) is 0 Å². The van der Waals surface area contributed by atoms with Crippen LogP contribution in [0.15, 0.2) is 41.0 Å². The molecule has 100 valence electrons. The van der Waals surface area contributed by atoms with Crippen molar-refractivity contribution >= 4 is 15.9 Å². The molecule has 1 N–H and O–H groups in total. The number of halogens is 1. The fraction of sp³-hybridized carbons (Fsp3) is 0.267. The van der Waals surface area contributed by atoms with E-state index >= 15 is 0 Å². The predicted molar refractivity (Wildman–Crippen MR) is 80.6 cm³/mol. The van der Waals surface area contributed by atoms with Crippen molar-refractivity contribution in [2.75, 3.05) is 6.54 Å². The Morgan fingerprint density at radius 2 is 2.11 bits per heavy atom. The van der Waals surface area contributed by atoms with E-state index < -0.39 is 0 Å². The van der Waals surface area contributed by atoms with Gasteiger partial charge >= 0.3 is 0 Å². The van der Waals surface area contributed by atoms with Crippen molar-refractivity contribution in [2.24, 2.45) is 0 Å². The summed E-state index contributed by atoms with van der Waals surface area (Å²) in [5.41, 5.74) is 2.11. The number of benzene rings is 1. The molecule has 0 aliphatic heterocycles. The van der Waals surface area contributed by atoms with Crippen LogP contribution in [0.5, 0.6) is 11.5 Å². The standard InChI is InChI=1S/C15H17BrN2O/c1-3-17-10-12-6-7-15(13(16)9-12)19-14-5-4-8-18-11(14)2/h4-9,17H,3,10H2,1-2H3. The summed E-state index contributed by atoms with van der Waals surface area (Å²) in [7, 11) is 0. The van der Waals surface area contributed by atoms with Crippen LogP contribution in [0.1, 0.15) is 18.2 Å². The number of hydrogen-bond acceptors (Lipinski definition) is 3. The summed E-state index contributed by atoms with van der Waals surface area (Å²) in [6.07, 6.45) is 1.76. The normalized spacial score (nSPS) is 10.5. The highest BCUT2D eigenvalue weighted by Crippen LogP contribution is 2.31. The Balaban J connectivity index is 2.15. The van der Waals surface area contributed by atoms with E-state index in [0.29, 0.717) is 0 Å². The lowest BCUT2D eigenvalue weighted by molar-refractivity contribution is 0.472. The predicted octanol–water partition coefficient (Wildman–Crippen LogP) is 4.05. The molecule has 1 aromatic carbocycles. The minimum absolute atomic E-state index is 0.780. The number of hydrogen-bond donors (Lipinski definition) is 1. The van der Waals surface area contributed by atoms with Crippen molar-refractivity contribution in [3.8, 4) is 11.5 Å². The third-order valence-corrected chi connectivity index (χ3v) is 3.37. The quantitative estimate of drug-likeness (QED) is 0.902. The van der Waals surface area contributed by atoms with Gasteiger partial charge in [0.1, 0.15) is 11.5 Å². The fourth-order valence-electron chi connectivity index (χ4n) is 1.70. The molecule has 4 heteroatoms. The van der Waals surface area contributed by atoms with Crippen molar-refractivity contribution in [3.05, 3.63) is 52.3 Å². The first-order valence-corrected chi connectivity index (χ1v) is 7.08. The Morgan fingerprint density at radius 1 is 1.26 bits per heavy atom. The molecule has 0 saturated heterocycles. The van der Waals surface area contributed by atoms with Crippen LogP contribution in [-0.2, 0) is 6.54 Å². The minimum atomic E-state index is 0.780. The largest absolute Gasteiger partial charge is 0.454 e. The number of pyridine rings is 1. The van der Waals surface area contributed by atoms with E-state index in [2.05, 4.69) is 45.3 Å². The maximum Gasteiger partial charge on any atom is 0.148 e. The summed E-state index contributed by atoms with van der Waals surface area (Å²) < 4.78 is 6.82. The van der Waals surface area contributed by atoms with Crippen molar-refractivity contribution in [2.45, 2.75) is 20.4 Å². The van der Waals surface area contributed by atoms with E-state index in [9.17, 15) is 0 Å². The molecular formula is C15H17BrN2O. The monoisotopic (exact) mass is 320 g/mol. The first kappa shape index (κ1) is 14.0. The first-order chi connectivity index (χ1) is 9.20. The van der Waals surface area contributed by atoms with Crippen molar-refractivity contribution in [1.29, 1.82) is 0 Å². The number of nitrogens with one attached hydrogen (secondary N) is 1. The van der Waals surface area contributed by atoms with E-state index in [1.54, 1.807) is 6.20 Å². The SMILES string of the molecule is CCNCc1ccc(Oc2cccnc2C)c(Br)c1. The van der Waals surface area contributed by atoms with Gasteiger partial charge in [0.2, 0.25) is 0 Å². The molecule has 2 rings (SSSR count). The smallest absolute Gasteiger partial charge is 0.148 e. The lowest BCUT2D eigenvalue weighted by Gasteiger charge is -2.11. The van der Waals surface area contributed by atoms with Crippen molar-refractivity contribution < 1.29 is 4.74 Å². The van der Waals surface area contributed by atoms with Crippen LogP contribution in [0.25, 0.3) is 0 Å². The Kier molecular flexibility index (Phi) is 4.93. The van der Waals surface area contributed by atoms with Gasteiger partial charge in [0.25, 0.3) is 0 Å². The molecule has 0 fully saturated rings. The summed E-state index contributed by atoms with van der Waals surface area (Å²) in [5.74, 6) is 1.58. The van der Waals surface area contributed by atoms with Crippen LogP contribution in [0, 0.1) is 6.92 Å². The number of ether oxygens (including phenoxy) is 1. The molecule has 19 heavy (non-hydrogen) atoms. The highest BCUT2D eigenvalue weighted by Gasteiger charge is 2.06. The Morgan fingerprint density at radius 3 is 2.79 bits per heavy atom. The van der Waals surface area contributed by atoms with Gasteiger partial charge in [0, 0.05) is 12.7 Å². The molecule has 0 spiro atoms. The highest BCUT2D eigenvalue weighted by atomic mass is 79.9. The number of aromatic nitrogens is 1. The molecule has 0 aliphatic carbocycles. The number of rotatable bonds is 5. The van der Waals surface area contributed by atoms with Gasteiger partial charge in [-0.2, -0.15) is 0 Å². The number of nitrogens with zero attached hydrogens (tertiary/aromatic N) is 1. The Bertz CT molecular complexity index is 558. The zero-order valence-corrected chi connectivity index (χ0v) is 12.7. The molecular weight excluding hydrogens is 304 g/mol. The van der Waals surface area contributed by atoms with Crippen LogP contribution in [0.3, 0.4) is 0 Å². The molecule has 0 unspecified atom stereocenters. The van der Waals surface area contributed by atoms with Gasteiger partial charge in [-0.1, -0.05) is 13.0 Å². The van der Waals surface area contributed by atoms with Gasteiger partial charge < -0.3 is 10.1 Å². The average Bonchev–Trinajstić information content (AvgIpc) is 2.41. The van der Waals surface area contributed by atoms with Gasteiger partial charge in [-0.25, -0.2) is 0 Å². The van der Waals surface area contributed by atoms with Crippen LogP contribution in [-0.4, -0.2) is 11.5 Å². The first-order valence-electron chi connectivity index (χ1n) is 6.29. The summed E-state index contributed by atoms with van der Waals surface area (Å²) in [6, 6.07) is 9.90. The van der Waals surface area contributed by atoms with Crippen molar-refractivity contribution in [3.63, 3.8) is 0 Å². The second-order valence-corrected chi connectivity index (χ2v) is 5.09.